The Balaban J connectivity index is 2.15. The number of aromatic hydroxyl groups is 2. The lowest BCUT2D eigenvalue weighted by Crippen LogP contribution is -2.38. The minimum Gasteiger partial charge on any atom is -0.492 e. The normalized spacial score (nSPS) is 16.1. The average molecular weight is 292 g/mol. The molecule has 1 aromatic heterocycles. The van der Waals surface area contributed by atoms with Gasteiger partial charge in [0.15, 0.2) is 0 Å². The van der Waals surface area contributed by atoms with Crippen molar-refractivity contribution in [1.29, 1.82) is 0 Å². The van der Waals surface area contributed by atoms with E-state index >= 15 is 0 Å². The van der Waals surface area contributed by atoms with Gasteiger partial charge in [-0.15, -0.1) is 4.31 Å². The molecule has 0 saturated carbocycles. The number of amides is 2. The van der Waals surface area contributed by atoms with Gasteiger partial charge in [0.25, 0.3) is 0 Å². The van der Waals surface area contributed by atoms with Crippen molar-refractivity contribution in [2.24, 2.45) is 0 Å². The summed E-state index contributed by atoms with van der Waals surface area (Å²) in [6, 6.07) is 1.99. The molecule has 1 aliphatic heterocycles. The first-order chi connectivity index (χ1) is 8.83. The van der Waals surface area contributed by atoms with E-state index in [1.807, 2.05) is 0 Å². The maximum atomic E-state index is 11.5. The Bertz CT molecular complexity index is 598. The third-order valence-corrected chi connectivity index (χ3v) is 3.31. The van der Waals surface area contributed by atoms with Crippen LogP contribution in [0, 0.1) is 0 Å². The van der Waals surface area contributed by atoms with E-state index in [9.17, 15) is 18.0 Å². The van der Waals surface area contributed by atoms with Gasteiger partial charge in [0.05, 0.1) is 0 Å². The molecule has 10 nitrogen and oxygen atoms in total. The van der Waals surface area contributed by atoms with Gasteiger partial charge >= 0.3 is 10.3 Å². The van der Waals surface area contributed by atoms with Crippen LogP contribution in [0.4, 0.5) is 0 Å². The molecule has 2 heterocycles. The van der Waals surface area contributed by atoms with Crippen LogP contribution < -0.4 is 4.99 Å². The lowest BCUT2D eigenvalue weighted by atomic mass is 10.4. The van der Waals surface area contributed by atoms with Crippen molar-refractivity contribution in [2.45, 2.75) is 12.8 Å². The molecule has 1 saturated heterocycles. The topological polar surface area (TPSA) is 135 Å². The van der Waals surface area contributed by atoms with E-state index in [0.717, 1.165) is 12.1 Å². The zero-order valence-electron chi connectivity index (χ0n) is 9.22. The number of rotatable bonds is 4. The minimum absolute atomic E-state index is 0.0788. The number of aromatic nitrogens is 1. The molecule has 0 bridgehead atoms. The Kier molecular flexibility index (Phi) is 3.08. The average Bonchev–Trinajstić information content (AvgIpc) is 2.81. The molecule has 1 fully saturated rings. The van der Waals surface area contributed by atoms with Crippen LogP contribution in [-0.4, -0.2) is 39.5 Å². The van der Waals surface area contributed by atoms with Crippen LogP contribution in [0.2, 0.25) is 0 Å². The van der Waals surface area contributed by atoms with Crippen molar-refractivity contribution in [3.05, 3.63) is 12.1 Å². The molecule has 2 N–H and O–H groups in total. The summed E-state index contributed by atoms with van der Waals surface area (Å²) in [6.45, 7) is 0. The SMILES string of the molecule is O=C1CCC(=O)N1S(=O)(=O)OOn1c(O)ccc1O. The fourth-order valence-electron chi connectivity index (χ4n) is 1.38. The first-order valence-electron chi connectivity index (χ1n) is 4.90. The van der Waals surface area contributed by atoms with E-state index in [-0.39, 0.29) is 21.9 Å². The summed E-state index contributed by atoms with van der Waals surface area (Å²) in [7, 11) is -4.80. The summed E-state index contributed by atoms with van der Waals surface area (Å²) in [5.41, 5.74) is 0. The van der Waals surface area contributed by atoms with Crippen LogP contribution in [0.1, 0.15) is 12.8 Å². The zero-order valence-corrected chi connectivity index (χ0v) is 10.0. The Labute approximate surface area is 106 Å². The van der Waals surface area contributed by atoms with Crippen LogP contribution in [0.5, 0.6) is 11.8 Å². The molecule has 104 valence electrons. The molecule has 0 radical (unpaired) electrons. The van der Waals surface area contributed by atoms with Crippen LogP contribution in [-0.2, 0) is 24.2 Å². The van der Waals surface area contributed by atoms with Crippen molar-refractivity contribution in [3.8, 4) is 11.8 Å². The number of carbonyl (C=O) groups excluding carboxylic acids is 2. The van der Waals surface area contributed by atoms with E-state index in [1.54, 1.807) is 0 Å². The Hall–Kier alpha value is -2.27. The maximum Gasteiger partial charge on any atom is 0.408 e. The number of nitrogens with zero attached hydrogens (tertiary/aromatic N) is 2. The molecule has 1 aromatic rings. The lowest BCUT2D eigenvalue weighted by molar-refractivity contribution is -0.213. The van der Waals surface area contributed by atoms with E-state index in [1.165, 1.54) is 0 Å². The molecule has 0 aliphatic carbocycles. The lowest BCUT2D eigenvalue weighted by Gasteiger charge is -2.12. The van der Waals surface area contributed by atoms with Crippen molar-refractivity contribution in [3.63, 3.8) is 0 Å². The molecule has 0 atom stereocenters. The van der Waals surface area contributed by atoms with E-state index in [4.69, 9.17) is 10.2 Å². The van der Waals surface area contributed by atoms with E-state index < -0.39 is 33.9 Å². The second-order valence-corrected chi connectivity index (χ2v) is 4.85. The van der Waals surface area contributed by atoms with Crippen LogP contribution in [0.15, 0.2) is 12.1 Å². The molecular weight excluding hydrogens is 284 g/mol. The van der Waals surface area contributed by atoms with Gasteiger partial charge in [-0.05, 0) is 4.33 Å². The monoisotopic (exact) mass is 292 g/mol. The number of hydrogen-bond acceptors (Lipinski definition) is 8. The molecule has 2 rings (SSSR count). The molecule has 2 amide bonds. The van der Waals surface area contributed by atoms with Gasteiger partial charge in [-0.25, -0.2) is 4.99 Å². The van der Waals surface area contributed by atoms with Gasteiger partial charge in [-0.3, -0.25) is 9.59 Å². The van der Waals surface area contributed by atoms with Crippen molar-refractivity contribution in [1.82, 2.24) is 9.04 Å². The highest BCUT2D eigenvalue weighted by Crippen LogP contribution is 2.21. The predicted octanol–water partition coefficient (Wildman–Crippen LogP) is -1.35. The zero-order chi connectivity index (χ0) is 14.2. The number of imide groups is 1. The number of hydrogen-bond donors (Lipinski definition) is 2. The Morgan fingerprint density at radius 3 is 2.00 bits per heavy atom. The molecule has 0 aromatic carbocycles. The van der Waals surface area contributed by atoms with Gasteiger partial charge in [-0.2, -0.15) is 8.42 Å². The van der Waals surface area contributed by atoms with Gasteiger partial charge < -0.3 is 10.2 Å². The van der Waals surface area contributed by atoms with Gasteiger partial charge in [0.1, 0.15) is 0 Å². The smallest absolute Gasteiger partial charge is 0.408 e. The highest BCUT2D eigenvalue weighted by Gasteiger charge is 2.41. The second-order valence-electron chi connectivity index (χ2n) is 3.50. The summed E-state index contributed by atoms with van der Waals surface area (Å²) < 4.78 is 27.2. The summed E-state index contributed by atoms with van der Waals surface area (Å²) >= 11 is 0. The maximum absolute atomic E-state index is 11.5. The third kappa shape index (κ3) is 2.32. The first-order valence-corrected chi connectivity index (χ1v) is 6.26. The van der Waals surface area contributed by atoms with Gasteiger partial charge in [0, 0.05) is 25.0 Å². The van der Waals surface area contributed by atoms with E-state index in [2.05, 4.69) is 9.32 Å². The summed E-state index contributed by atoms with van der Waals surface area (Å²) in [5, 5.41) is 18.3. The van der Waals surface area contributed by atoms with Crippen molar-refractivity contribution >= 4 is 22.1 Å². The quantitative estimate of drug-likeness (QED) is 0.395. The second kappa shape index (κ2) is 4.44. The fraction of sp³-hybridized carbons (Fsp3) is 0.250. The summed E-state index contributed by atoms with van der Waals surface area (Å²) in [6.07, 6.45) is -0.497. The molecular formula is C8H8N2O8S. The molecule has 1 aliphatic rings. The highest BCUT2D eigenvalue weighted by atomic mass is 32.2. The van der Waals surface area contributed by atoms with E-state index in [0.29, 0.717) is 0 Å². The standard InChI is InChI=1S/C8H8N2O8S/c11-5-1-2-6(12)9(5)17-18-19(15,16)10-7(13)3-4-8(10)14/h1-2,11-12H,3-4H2. The Morgan fingerprint density at radius 2 is 1.53 bits per heavy atom. The van der Waals surface area contributed by atoms with Crippen LogP contribution in [0.25, 0.3) is 0 Å². The fourth-order valence-corrected chi connectivity index (χ4v) is 2.26. The minimum atomic E-state index is -4.80. The highest BCUT2D eigenvalue weighted by molar-refractivity contribution is 7.85. The summed E-state index contributed by atoms with van der Waals surface area (Å²) in [5.74, 6) is -3.19. The van der Waals surface area contributed by atoms with Crippen LogP contribution >= 0.6 is 0 Å². The molecule has 0 unspecified atom stereocenters. The summed E-state index contributed by atoms with van der Waals surface area (Å²) in [4.78, 5) is 26.6. The van der Waals surface area contributed by atoms with Gasteiger partial charge in [-0.1, -0.05) is 4.73 Å². The Morgan fingerprint density at radius 1 is 1.05 bits per heavy atom. The molecule has 19 heavy (non-hydrogen) atoms. The third-order valence-electron chi connectivity index (χ3n) is 2.22. The first kappa shape index (κ1) is 13.2. The largest absolute Gasteiger partial charge is 0.492 e. The predicted molar refractivity (Wildman–Crippen MR) is 55.4 cm³/mol. The molecule has 0 spiro atoms. The van der Waals surface area contributed by atoms with Crippen molar-refractivity contribution < 1.29 is 37.5 Å². The van der Waals surface area contributed by atoms with Crippen LogP contribution in [0.3, 0.4) is 0 Å². The van der Waals surface area contributed by atoms with Crippen molar-refractivity contribution in [2.75, 3.05) is 0 Å². The van der Waals surface area contributed by atoms with Gasteiger partial charge in [0.2, 0.25) is 23.6 Å². The number of carbonyl (C=O) groups is 2. The molecule has 11 heteroatoms.